The Morgan fingerprint density at radius 3 is 1.73 bits per heavy atom. The molecule has 0 fully saturated rings. The molecule has 0 spiro atoms. The predicted octanol–water partition coefficient (Wildman–Crippen LogP) is 17.8. The average molecular weight is 972 g/mol. The first-order valence-corrected chi connectivity index (χ1v) is 26.7. The van der Waals surface area contributed by atoms with Crippen molar-refractivity contribution in [3.63, 3.8) is 0 Å². The number of benzene rings is 10. The zero-order chi connectivity index (χ0) is 50.0. The van der Waals surface area contributed by atoms with Crippen molar-refractivity contribution in [1.29, 1.82) is 0 Å². The van der Waals surface area contributed by atoms with Gasteiger partial charge in [-0.1, -0.05) is 175 Å². The molecule has 4 heterocycles. The molecular formula is C68H54BN3OS. The van der Waals surface area contributed by atoms with Gasteiger partial charge in [-0.15, -0.1) is 11.3 Å². The summed E-state index contributed by atoms with van der Waals surface area (Å²) in [5.74, 6) is 0. The molecule has 356 valence electrons. The maximum absolute atomic E-state index is 6.88. The highest BCUT2D eigenvalue weighted by atomic mass is 32.1. The number of anilines is 9. The molecule has 2 aliphatic rings. The van der Waals surface area contributed by atoms with Crippen molar-refractivity contribution in [3.05, 3.63) is 230 Å². The second-order valence-electron chi connectivity index (χ2n) is 22.1. The molecule has 2 aliphatic heterocycles. The third kappa shape index (κ3) is 6.96. The first-order chi connectivity index (χ1) is 36.0. The molecule has 0 aliphatic carbocycles. The van der Waals surface area contributed by atoms with Gasteiger partial charge in [0.2, 0.25) is 0 Å². The third-order valence-electron chi connectivity index (χ3n) is 15.6. The lowest BCUT2D eigenvalue weighted by Gasteiger charge is -2.44. The van der Waals surface area contributed by atoms with Crippen LogP contribution >= 0.6 is 11.3 Å². The lowest BCUT2D eigenvalue weighted by molar-refractivity contribution is 0.590. The standard InChI is InChI=1S/C68H54BN3OS/c1-67(2,3)45-29-33-47(34-30-45)71-56-24-16-25-57-63(56)69(64-58(71)40-38-54-52-22-11-13-28-62(52)74-66(54)64)55-39-37-50(42-60(55)72(57)48-35-31-46(32-36-48)68(4,5)6)70(49-20-14-19-44(41-49)43-17-8-7-9-18-43)59-26-15-23-53-51-21-10-12-27-61(51)73-65(53)59/h7-42H,1-6H3. The van der Waals surface area contributed by atoms with Crippen molar-refractivity contribution in [2.45, 2.75) is 52.4 Å². The summed E-state index contributed by atoms with van der Waals surface area (Å²) in [6.45, 7) is 13.7. The first kappa shape index (κ1) is 44.4. The molecule has 0 radical (unpaired) electrons. The molecule has 0 saturated heterocycles. The Bertz CT molecular complexity index is 4180. The smallest absolute Gasteiger partial charge is 0.254 e. The van der Waals surface area contributed by atoms with Crippen LogP contribution in [0.3, 0.4) is 0 Å². The summed E-state index contributed by atoms with van der Waals surface area (Å²) in [6, 6.07) is 81.1. The molecule has 0 atom stereocenters. The number of hydrogen-bond donors (Lipinski definition) is 0. The van der Waals surface area contributed by atoms with E-state index in [4.69, 9.17) is 4.42 Å². The van der Waals surface area contributed by atoms with E-state index in [0.717, 1.165) is 61.6 Å². The van der Waals surface area contributed by atoms with Gasteiger partial charge >= 0.3 is 0 Å². The van der Waals surface area contributed by atoms with Gasteiger partial charge in [0.1, 0.15) is 5.58 Å². The normalized spacial score (nSPS) is 13.2. The van der Waals surface area contributed by atoms with E-state index in [-0.39, 0.29) is 17.5 Å². The zero-order valence-corrected chi connectivity index (χ0v) is 43.3. The summed E-state index contributed by atoms with van der Waals surface area (Å²) in [5, 5.41) is 4.80. The van der Waals surface area contributed by atoms with Crippen LogP contribution in [0.2, 0.25) is 0 Å². The molecule has 0 saturated carbocycles. The van der Waals surface area contributed by atoms with Gasteiger partial charge in [0, 0.05) is 71.1 Å². The average Bonchev–Trinajstić information content (AvgIpc) is 4.06. The number of fused-ring (bicyclic) bond motifs is 11. The number of para-hydroxylation sites is 2. The Kier molecular flexibility index (Phi) is 9.96. The molecule has 0 amide bonds. The second kappa shape index (κ2) is 16.6. The van der Waals surface area contributed by atoms with E-state index >= 15 is 0 Å². The van der Waals surface area contributed by atoms with E-state index in [1.807, 2.05) is 11.3 Å². The third-order valence-corrected chi connectivity index (χ3v) is 16.8. The minimum Gasteiger partial charge on any atom is -0.454 e. The van der Waals surface area contributed by atoms with Crippen molar-refractivity contribution < 1.29 is 4.42 Å². The van der Waals surface area contributed by atoms with Crippen molar-refractivity contribution in [2.75, 3.05) is 14.7 Å². The molecule has 10 aromatic carbocycles. The summed E-state index contributed by atoms with van der Waals surface area (Å²) in [4.78, 5) is 7.49. The van der Waals surface area contributed by atoms with Crippen LogP contribution in [0.15, 0.2) is 223 Å². The molecule has 4 nitrogen and oxygen atoms in total. The predicted molar refractivity (Wildman–Crippen MR) is 318 cm³/mol. The first-order valence-electron chi connectivity index (χ1n) is 25.9. The van der Waals surface area contributed by atoms with E-state index in [9.17, 15) is 0 Å². The number of nitrogens with zero attached hydrogens (tertiary/aromatic N) is 3. The quantitative estimate of drug-likeness (QED) is 0.155. The summed E-state index contributed by atoms with van der Waals surface area (Å²) in [6.07, 6.45) is 0. The molecule has 0 bridgehead atoms. The fourth-order valence-electron chi connectivity index (χ4n) is 11.9. The van der Waals surface area contributed by atoms with Gasteiger partial charge in [-0.05, 0) is 140 Å². The fraction of sp³-hybridized carbons (Fsp3) is 0.118. The van der Waals surface area contributed by atoms with Crippen molar-refractivity contribution in [3.8, 4) is 11.1 Å². The van der Waals surface area contributed by atoms with Crippen LogP contribution in [0, 0.1) is 0 Å². The van der Waals surface area contributed by atoms with E-state index < -0.39 is 0 Å². The monoisotopic (exact) mass is 971 g/mol. The van der Waals surface area contributed by atoms with Gasteiger partial charge in [-0.2, -0.15) is 0 Å². The SMILES string of the molecule is CC(C)(C)c1ccc(N2c3cc(N(c4cccc(-c5ccccc5)c4)c4cccc5c4oc4ccccc45)ccc3B3c4c2cccc4N(c2ccc(C(C)(C)C)cc2)c2ccc4c(sc5ccccc54)c23)cc1. The molecule has 12 aromatic rings. The summed E-state index contributed by atoms with van der Waals surface area (Å²) in [5.41, 5.74) is 20.7. The van der Waals surface area contributed by atoms with E-state index in [0.29, 0.717) is 0 Å². The second-order valence-corrected chi connectivity index (χ2v) is 23.2. The molecule has 14 rings (SSSR count). The Labute approximate surface area is 437 Å². The molecule has 6 heteroatoms. The van der Waals surface area contributed by atoms with Crippen molar-refractivity contribution in [1.82, 2.24) is 0 Å². The van der Waals surface area contributed by atoms with Crippen LogP contribution in [0.5, 0.6) is 0 Å². The minimum atomic E-state index is -0.0686. The lowest BCUT2D eigenvalue weighted by atomic mass is 9.33. The highest BCUT2D eigenvalue weighted by Gasteiger charge is 2.45. The Morgan fingerprint density at radius 2 is 1.01 bits per heavy atom. The lowest BCUT2D eigenvalue weighted by Crippen LogP contribution is -2.61. The highest BCUT2D eigenvalue weighted by Crippen LogP contribution is 2.49. The maximum Gasteiger partial charge on any atom is 0.254 e. The van der Waals surface area contributed by atoms with Crippen LogP contribution in [0.1, 0.15) is 52.7 Å². The number of rotatable bonds is 6. The maximum atomic E-state index is 6.88. The largest absolute Gasteiger partial charge is 0.454 e. The van der Waals surface area contributed by atoms with Crippen LogP contribution in [0.4, 0.5) is 51.2 Å². The fourth-order valence-corrected chi connectivity index (χ4v) is 13.2. The van der Waals surface area contributed by atoms with Gasteiger partial charge in [-0.25, -0.2) is 0 Å². The number of thiophene rings is 1. The molecule has 2 aromatic heterocycles. The zero-order valence-electron chi connectivity index (χ0n) is 42.5. The van der Waals surface area contributed by atoms with E-state index in [1.54, 1.807) is 0 Å². The van der Waals surface area contributed by atoms with Crippen LogP contribution in [-0.2, 0) is 10.8 Å². The number of furan rings is 1. The highest BCUT2D eigenvalue weighted by molar-refractivity contribution is 7.28. The Balaban J connectivity index is 1.06. The van der Waals surface area contributed by atoms with Crippen LogP contribution in [-0.4, -0.2) is 6.71 Å². The van der Waals surface area contributed by atoms with Crippen LogP contribution in [0.25, 0.3) is 53.2 Å². The molecule has 74 heavy (non-hydrogen) atoms. The molecular weight excluding hydrogens is 918 g/mol. The Hall–Kier alpha value is -8.32. The van der Waals surface area contributed by atoms with Crippen LogP contribution < -0.4 is 31.1 Å². The van der Waals surface area contributed by atoms with Gasteiger partial charge in [0.25, 0.3) is 6.71 Å². The Morgan fingerprint density at radius 1 is 0.432 bits per heavy atom. The van der Waals surface area contributed by atoms with Gasteiger partial charge in [0.05, 0.1) is 5.69 Å². The molecule has 0 unspecified atom stereocenters. The number of hydrogen-bond acceptors (Lipinski definition) is 5. The topological polar surface area (TPSA) is 22.9 Å². The minimum absolute atomic E-state index is 0.00263. The van der Waals surface area contributed by atoms with E-state index in [2.05, 4.69) is 275 Å². The van der Waals surface area contributed by atoms with Gasteiger partial charge in [0.15, 0.2) is 5.58 Å². The van der Waals surface area contributed by atoms with Crippen molar-refractivity contribution >= 4 is 128 Å². The summed E-state index contributed by atoms with van der Waals surface area (Å²) in [7, 11) is 0. The molecule has 0 N–H and O–H groups in total. The summed E-state index contributed by atoms with van der Waals surface area (Å²) < 4.78 is 9.52. The summed E-state index contributed by atoms with van der Waals surface area (Å²) >= 11 is 1.92. The van der Waals surface area contributed by atoms with Crippen molar-refractivity contribution in [2.24, 2.45) is 0 Å². The van der Waals surface area contributed by atoms with Gasteiger partial charge < -0.3 is 19.1 Å². The van der Waals surface area contributed by atoms with Gasteiger partial charge in [-0.3, -0.25) is 0 Å². The van der Waals surface area contributed by atoms with E-state index in [1.165, 1.54) is 70.3 Å².